The van der Waals surface area contributed by atoms with Crippen molar-refractivity contribution < 1.29 is 18.7 Å². The average molecular weight is 211 g/mol. The summed E-state index contributed by atoms with van der Waals surface area (Å²) in [5.41, 5.74) is 0.750. The van der Waals surface area contributed by atoms with Gasteiger partial charge in [-0.05, 0) is 13.8 Å². The van der Waals surface area contributed by atoms with Crippen LogP contribution in [0.15, 0.2) is 5.16 Å². The van der Waals surface area contributed by atoms with Crippen molar-refractivity contribution in [2.24, 2.45) is 5.16 Å². The molecule has 5 heteroatoms. The number of aliphatic hydroxyl groups excluding tert-OH is 1. The zero-order valence-corrected chi connectivity index (χ0v) is 9.18. The van der Waals surface area contributed by atoms with Crippen LogP contribution in [0.5, 0.6) is 0 Å². The van der Waals surface area contributed by atoms with Gasteiger partial charge in [0.1, 0.15) is 6.61 Å². The largest absolute Gasteiger partial charge is 0.395 e. The molecule has 0 saturated heterocycles. The molecule has 0 fully saturated rings. The summed E-state index contributed by atoms with van der Waals surface area (Å²) in [6.45, 7) is 6.38. The Kier molecular flexibility index (Phi) is 9.98. The molecule has 14 heavy (non-hydrogen) atoms. The van der Waals surface area contributed by atoms with Gasteiger partial charge in [-0.1, -0.05) is 19.0 Å². The van der Waals surface area contributed by atoms with Gasteiger partial charge < -0.3 is 9.94 Å². The second-order valence-corrected chi connectivity index (χ2v) is 2.73. The van der Waals surface area contributed by atoms with Crippen LogP contribution in [0.2, 0.25) is 0 Å². The SMILES string of the molecule is CC.CC(C)(F)F.OCC1=NOCC1. The lowest BCUT2D eigenvalue weighted by Crippen LogP contribution is -1.98. The van der Waals surface area contributed by atoms with E-state index in [0.717, 1.165) is 26.0 Å². The molecule has 1 aliphatic rings. The van der Waals surface area contributed by atoms with Gasteiger partial charge >= 0.3 is 0 Å². The summed E-state index contributed by atoms with van der Waals surface area (Å²) in [6.07, 6.45) is 0.788. The topological polar surface area (TPSA) is 41.8 Å². The van der Waals surface area contributed by atoms with Crippen LogP contribution in [0.1, 0.15) is 34.1 Å². The molecule has 0 amide bonds. The smallest absolute Gasteiger partial charge is 0.242 e. The van der Waals surface area contributed by atoms with E-state index in [1.165, 1.54) is 0 Å². The first-order valence-electron chi connectivity index (χ1n) is 4.60. The van der Waals surface area contributed by atoms with Gasteiger partial charge in [-0.25, -0.2) is 8.78 Å². The van der Waals surface area contributed by atoms with Crippen molar-refractivity contribution in [1.82, 2.24) is 0 Å². The Morgan fingerprint density at radius 2 is 1.86 bits per heavy atom. The van der Waals surface area contributed by atoms with Gasteiger partial charge in [-0.15, -0.1) is 0 Å². The molecule has 1 heterocycles. The first-order chi connectivity index (χ1) is 6.43. The van der Waals surface area contributed by atoms with Crippen LogP contribution in [0.25, 0.3) is 0 Å². The van der Waals surface area contributed by atoms with E-state index in [2.05, 4.69) is 9.99 Å². The summed E-state index contributed by atoms with van der Waals surface area (Å²) in [5.74, 6) is -2.50. The molecule has 0 spiro atoms. The molecule has 1 rings (SSSR count). The Bertz CT molecular complexity index is 149. The predicted octanol–water partition coefficient (Wildman–Crippen LogP) is 2.44. The molecular weight excluding hydrogens is 192 g/mol. The fraction of sp³-hybridized carbons (Fsp3) is 0.889. The van der Waals surface area contributed by atoms with E-state index < -0.39 is 5.92 Å². The zero-order chi connectivity index (χ0) is 11.6. The lowest BCUT2D eigenvalue weighted by molar-refractivity contribution is 0.0437. The highest BCUT2D eigenvalue weighted by Gasteiger charge is 2.08. The number of halogens is 2. The molecule has 0 aliphatic carbocycles. The lowest BCUT2D eigenvalue weighted by Gasteiger charge is -1.94. The third kappa shape index (κ3) is 17.4. The van der Waals surface area contributed by atoms with Gasteiger partial charge in [0.05, 0.1) is 12.3 Å². The van der Waals surface area contributed by atoms with Crippen molar-refractivity contribution in [2.75, 3.05) is 13.2 Å². The van der Waals surface area contributed by atoms with E-state index in [0.29, 0.717) is 6.61 Å². The quantitative estimate of drug-likeness (QED) is 0.723. The van der Waals surface area contributed by atoms with Gasteiger partial charge in [0.2, 0.25) is 5.92 Å². The molecule has 0 atom stereocenters. The second kappa shape index (κ2) is 8.87. The highest BCUT2D eigenvalue weighted by Crippen LogP contribution is 2.06. The van der Waals surface area contributed by atoms with E-state index in [1.807, 2.05) is 13.8 Å². The normalized spacial score (nSPS) is 14.1. The molecule has 0 aromatic carbocycles. The summed E-state index contributed by atoms with van der Waals surface area (Å²) in [6, 6.07) is 0. The number of alkyl halides is 2. The second-order valence-electron chi connectivity index (χ2n) is 2.73. The number of hydrogen-bond donors (Lipinski definition) is 1. The summed E-state index contributed by atoms with van der Waals surface area (Å²) in [4.78, 5) is 4.58. The van der Waals surface area contributed by atoms with Crippen molar-refractivity contribution in [1.29, 1.82) is 0 Å². The van der Waals surface area contributed by atoms with Crippen LogP contribution < -0.4 is 0 Å². The number of aliphatic hydroxyl groups is 1. The molecule has 0 radical (unpaired) electrons. The van der Waals surface area contributed by atoms with E-state index in [4.69, 9.17) is 5.11 Å². The van der Waals surface area contributed by atoms with Crippen molar-refractivity contribution in [3.63, 3.8) is 0 Å². The maximum atomic E-state index is 11.0. The number of oxime groups is 1. The minimum absolute atomic E-state index is 0.0417. The molecule has 0 saturated carbocycles. The maximum Gasteiger partial charge on any atom is 0.242 e. The molecule has 0 unspecified atom stereocenters. The molecule has 3 nitrogen and oxygen atoms in total. The van der Waals surface area contributed by atoms with Crippen molar-refractivity contribution in [2.45, 2.75) is 40.0 Å². The third-order valence-electron chi connectivity index (χ3n) is 0.858. The summed E-state index contributed by atoms with van der Waals surface area (Å²) >= 11 is 0. The van der Waals surface area contributed by atoms with E-state index in [-0.39, 0.29) is 6.61 Å². The third-order valence-corrected chi connectivity index (χ3v) is 0.858. The molecule has 1 aliphatic heterocycles. The highest BCUT2D eigenvalue weighted by molar-refractivity contribution is 5.85. The van der Waals surface area contributed by atoms with Crippen molar-refractivity contribution in [3.05, 3.63) is 0 Å². The maximum absolute atomic E-state index is 11.0. The Balaban J connectivity index is 0. The van der Waals surface area contributed by atoms with Gasteiger partial charge in [-0.3, -0.25) is 0 Å². The zero-order valence-electron chi connectivity index (χ0n) is 9.18. The minimum atomic E-state index is -2.50. The number of rotatable bonds is 1. The Morgan fingerprint density at radius 3 is 2.00 bits per heavy atom. The van der Waals surface area contributed by atoms with Crippen LogP contribution in [0, 0.1) is 0 Å². The fourth-order valence-corrected chi connectivity index (χ4v) is 0.454. The van der Waals surface area contributed by atoms with E-state index in [9.17, 15) is 8.78 Å². The van der Waals surface area contributed by atoms with Gasteiger partial charge in [0, 0.05) is 6.42 Å². The summed E-state index contributed by atoms with van der Waals surface area (Å²) in [5, 5.41) is 11.9. The highest BCUT2D eigenvalue weighted by atomic mass is 19.3. The first kappa shape index (κ1) is 15.7. The Hall–Kier alpha value is -0.710. The lowest BCUT2D eigenvalue weighted by atomic mass is 10.3. The van der Waals surface area contributed by atoms with Gasteiger partial charge in [-0.2, -0.15) is 0 Å². The van der Waals surface area contributed by atoms with E-state index >= 15 is 0 Å². The molecule has 1 N–H and O–H groups in total. The Morgan fingerprint density at radius 1 is 1.43 bits per heavy atom. The first-order valence-corrected chi connectivity index (χ1v) is 4.60. The van der Waals surface area contributed by atoms with Crippen LogP contribution in [0.3, 0.4) is 0 Å². The molecule has 0 bridgehead atoms. The predicted molar refractivity (Wildman–Crippen MR) is 52.7 cm³/mol. The fourth-order valence-electron chi connectivity index (χ4n) is 0.454. The molecule has 86 valence electrons. The molecule has 0 aromatic rings. The van der Waals surface area contributed by atoms with Crippen LogP contribution in [-0.2, 0) is 4.84 Å². The summed E-state index contributed by atoms with van der Waals surface area (Å²) < 4.78 is 22.0. The van der Waals surface area contributed by atoms with Gasteiger partial charge in [0.25, 0.3) is 0 Å². The summed E-state index contributed by atoms with van der Waals surface area (Å²) in [7, 11) is 0. The number of hydrogen-bond acceptors (Lipinski definition) is 3. The van der Waals surface area contributed by atoms with Crippen molar-refractivity contribution in [3.8, 4) is 0 Å². The standard InChI is InChI=1S/C4H7NO2.C3H6F2.C2H6/c6-3-4-1-2-7-5-4;1-3(2,4)5;1-2/h6H,1-3H2;1-2H3;1-2H3. The van der Waals surface area contributed by atoms with E-state index in [1.54, 1.807) is 0 Å². The number of nitrogens with zero attached hydrogens (tertiary/aromatic N) is 1. The van der Waals surface area contributed by atoms with Gasteiger partial charge in [0.15, 0.2) is 0 Å². The van der Waals surface area contributed by atoms with Crippen LogP contribution in [0.4, 0.5) is 8.78 Å². The van der Waals surface area contributed by atoms with Crippen LogP contribution >= 0.6 is 0 Å². The minimum Gasteiger partial charge on any atom is -0.395 e. The molecule has 0 aromatic heterocycles. The molecular formula is C9H19F2NO2. The van der Waals surface area contributed by atoms with Crippen molar-refractivity contribution >= 4 is 5.71 Å². The average Bonchev–Trinajstić information content (AvgIpc) is 2.56. The monoisotopic (exact) mass is 211 g/mol. The Labute approximate surface area is 83.8 Å². The van der Waals surface area contributed by atoms with Crippen LogP contribution in [-0.4, -0.2) is 30.0 Å².